The van der Waals surface area contributed by atoms with E-state index in [0.29, 0.717) is 18.9 Å². The zero-order valence-corrected chi connectivity index (χ0v) is 22.4. The summed E-state index contributed by atoms with van der Waals surface area (Å²) < 4.78 is 45.9. The van der Waals surface area contributed by atoms with Crippen molar-refractivity contribution >= 4 is 6.03 Å². The van der Waals surface area contributed by atoms with Crippen LogP contribution in [0.25, 0.3) is 5.69 Å². The molecule has 1 aromatic heterocycles. The molecular weight excluding hydrogens is 519 g/mol. The number of urea groups is 1. The number of aromatic nitrogens is 1. The topological polar surface area (TPSA) is 61.8 Å². The van der Waals surface area contributed by atoms with Gasteiger partial charge in [0.05, 0.1) is 24.8 Å². The van der Waals surface area contributed by atoms with E-state index in [1.807, 2.05) is 41.2 Å². The Morgan fingerprint density at radius 2 is 1.62 bits per heavy atom. The van der Waals surface area contributed by atoms with Crippen LogP contribution in [0.2, 0.25) is 0 Å². The highest BCUT2D eigenvalue weighted by molar-refractivity contribution is 5.74. The van der Waals surface area contributed by atoms with Gasteiger partial charge in [0.2, 0.25) is 0 Å². The molecule has 2 saturated heterocycles. The monoisotopic (exact) mass is 555 g/mol. The summed E-state index contributed by atoms with van der Waals surface area (Å²) in [6.07, 6.45) is 1.20. The Bertz CT molecular complexity index is 1220. The molecule has 10 heteroatoms. The van der Waals surface area contributed by atoms with Gasteiger partial charge in [0.1, 0.15) is 0 Å². The SMILES string of the molecule is O=C(NC1CCN(Cc2ccn(-c3ccc(C(F)(F)F)cc3)c2)CC1)NC(CN1CCOCC1)c1ccccc1. The third kappa shape index (κ3) is 7.65. The van der Waals surface area contributed by atoms with Gasteiger partial charge in [-0.05, 0) is 54.3 Å². The summed E-state index contributed by atoms with van der Waals surface area (Å²) >= 11 is 0. The summed E-state index contributed by atoms with van der Waals surface area (Å²) in [5, 5.41) is 6.37. The largest absolute Gasteiger partial charge is 0.416 e. The van der Waals surface area contributed by atoms with Gasteiger partial charge in [-0.3, -0.25) is 9.80 Å². The van der Waals surface area contributed by atoms with E-state index in [1.54, 1.807) is 0 Å². The minimum Gasteiger partial charge on any atom is -0.379 e. The number of nitrogens with one attached hydrogen (secondary N) is 2. The van der Waals surface area contributed by atoms with Crippen molar-refractivity contribution in [3.8, 4) is 5.69 Å². The number of hydrogen-bond donors (Lipinski definition) is 2. The van der Waals surface area contributed by atoms with Gasteiger partial charge in [-0.1, -0.05) is 30.3 Å². The fraction of sp³-hybridized carbons (Fsp3) is 0.433. The predicted molar refractivity (Wildman–Crippen MR) is 147 cm³/mol. The molecule has 2 aliphatic rings. The normalized spacial score (nSPS) is 18.4. The van der Waals surface area contributed by atoms with E-state index in [4.69, 9.17) is 4.74 Å². The molecule has 0 bridgehead atoms. The first kappa shape index (κ1) is 28.2. The number of carbonyl (C=O) groups is 1. The van der Waals surface area contributed by atoms with Gasteiger partial charge in [-0.25, -0.2) is 4.79 Å². The molecule has 2 amide bonds. The van der Waals surface area contributed by atoms with Crippen molar-refractivity contribution in [3.63, 3.8) is 0 Å². The van der Waals surface area contributed by atoms with Crippen LogP contribution in [0.15, 0.2) is 73.1 Å². The second-order valence-corrected chi connectivity index (χ2v) is 10.5. The molecule has 2 aromatic carbocycles. The van der Waals surface area contributed by atoms with Crippen molar-refractivity contribution in [2.45, 2.75) is 37.6 Å². The van der Waals surface area contributed by atoms with Gasteiger partial charge < -0.3 is 19.9 Å². The van der Waals surface area contributed by atoms with Crippen molar-refractivity contribution in [2.75, 3.05) is 45.9 Å². The lowest BCUT2D eigenvalue weighted by atomic mass is 10.0. The second kappa shape index (κ2) is 12.9. The minimum atomic E-state index is -4.34. The van der Waals surface area contributed by atoms with Gasteiger partial charge in [-0.2, -0.15) is 13.2 Å². The van der Waals surface area contributed by atoms with Crippen LogP contribution in [0.3, 0.4) is 0 Å². The molecule has 214 valence electrons. The van der Waals surface area contributed by atoms with Crippen LogP contribution in [0.4, 0.5) is 18.0 Å². The summed E-state index contributed by atoms with van der Waals surface area (Å²) in [7, 11) is 0. The standard InChI is InChI=1S/C30H36F3N5O2/c31-30(32,33)25-6-8-27(9-7-25)38-15-10-23(21-38)20-36-13-11-26(12-14-36)34-29(39)35-28(24-4-2-1-3-5-24)22-37-16-18-40-19-17-37/h1-10,15,21,26,28H,11-14,16-20,22H2,(H2,34,35,39). The molecule has 0 saturated carbocycles. The zero-order valence-electron chi connectivity index (χ0n) is 22.4. The van der Waals surface area contributed by atoms with Crippen LogP contribution in [0.5, 0.6) is 0 Å². The lowest BCUT2D eigenvalue weighted by molar-refractivity contribution is -0.137. The number of benzene rings is 2. The maximum Gasteiger partial charge on any atom is 0.416 e. The average Bonchev–Trinajstić information content (AvgIpc) is 3.43. The Labute approximate surface area is 232 Å². The number of nitrogens with zero attached hydrogens (tertiary/aromatic N) is 3. The highest BCUT2D eigenvalue weighted by Crippen LogP contribution is 2.29. The van der Waals surface area contributed by atoms with Crippen LogP contribution >= 0.6 is 0 Å². The molecule has 0 aliphatic carbocycles. The first-order valence-corrected chi connectivity index (χ1v) is 13.8. The van der Waals surface area contributed by atoms with Gasteiger partial charge in [0.15, 0.2) is 0 Å². The fourth-order valence-electron chi connectivity index (χ4n) is 5.36. The summed E-state index contributed by atoms with van der Waals surface area (Å²) in [6.45, 7) is 6.35. The Morgan fingerprint density at radius 3 is 2.30 bits per heavy atom. The lowest BCUT2D eigenvalue weighted by Gasteiger charge is -2.33. The van der Waals surface area contributed by atoms with E-state index < -0.39 is 11.7 Å². The van der Waals surface area contributed by atoms with Crippen LogP contribution in [0, 0.1) is 0 Å². The van der Waals surface area contributed by atoms with Crippen molar-refractivity contribution in [1.29, 1.82) is 0 Å². The number of halogens is 3. The van der Waals surface area contributed by atoms with E-state index >= 15 is 0 Å². The third-order valence-corrected chi connectivity index (χ3v) is 7.63. The average molecular weight is 556 g/mol. The highest BCUT2D eigenvalue weighted by atomic mass is 19.4. The fourth-order valence-corrected chi connectivity index (χ4v) is 5.36. The molecule has 40 heavy (non-hydrogen) atoms. The zero-order chi connectivity index (χ0) is 28.0. The summed E-state index contributed by atoms with van der Waals surface area (Å²) in [4.78, 5) is 17.6. The number of likely N-dealkylation sites (tertiary alicyclic amines) is 1. The van der Waals surface area contributed by atoms with Crippen LogP contribution in [0.1, 0.15) is 35.6 Å². The maximum absolute atomic E-state index is 13.0. The first-order chi connectivity index (χ1) is 19.3. The molecular formula is C30H36F3N5O2. The lowest BCUT2D eigenvalue weighted by Crippen LogP contribution is -2.50. The number of hydrogen-bond acceptors (Lipinski definition) is 4. The molecule has 3 aromatic rings. The Balaban J connectivity index is 1.09. The Hall–Kier alpha value is -3.34. The molecule has 0 spiro atoms. The number of piperidine rings is 1. The number of ether oxygens (including phenoxy) is 1. The van der Waals surface area contributed by atoms with Gasteiger partial charge in [0.25, 0.3) is 0 Å². The molecule has 2 fully saturated rings. The van der Waals surface area contributed by atoms with E-state index in [-0.39, 0.29) is 18.1 Å². The molecule has 1 atom stereocenters. The smallest absolute Gasteiger partial charge is 0.379 e. The molecule has 3 heterocycles. The van der Waals surface area contributed by atoms with Crippen LogP contribution in [-0.4, -0.2) is 72.4 Å². The first-order valence-electron chi connectivity index (χ1n) is 13.8. The molecule has 1 unspecified atom stereocenters. The predicted octanol–water partition coefficient (Wildman–Crippen LogP) is 4.83. The van der Waals surface area contributed by atoms with E-state index in [2.05, 4.69) is 32.6 Å². The van der Waals surface area contributed by atoms with E-state index in [0.717, 1.165) is 75.4 Å². The van der Waals surface area contributed by atoms with Crippen molar-refractivity contribution in [3.05, 3.63) is 89.7 Å². The van der Waals surface area contributed by atoms with Gasteiger partial charge >= 0.3 is 12.2 Å². The third-order valence-electron chi connectivity index (χ3n) is 7.63. The molecule has 2 aliphatic heterocycles. The van der Waals surface area contributed by atoms with Crippen LogP contribution in [-0.2, 0) is 17.5 Å². The van der Waals surface area contributed by atoms with Gasteiger partial charge in [-0.15, -0.1) is 0 Å². The number of amides is 2. The second-order valence-electron chi connectivity index (χ2n) is 10.5. The van der Waals surface area contributed by atoms with Crippen LogP contribution < -0.4 is 10.6 Å². The summed E-state index contributed by atoms with van der Waals surface area (Å²) in [5.41, 5.74) is 2.22. The van der Waals surface area contributed by atoms with Crippen molar-refractivity contribution in [2.24, 2.45) is 0 Å². The number of carbonyl (C=O) groups excluding carboxylic acids is 1. The maximum atomic E-state index is 13.0. The number of alkyl halides is 3. The summed E-state index contributed by atoms with van der Waals surface area (Å²) in [5.74, 6) is 0. The molecule has 5 rings (SSSR count). The van der Waals surface area contributed by atoms with Gasteiger partial charge in [0, 0.05) is 63.4 Å². The quantitative estimate of drug-likeness (QED) is 0.418. The minimum absolute atomic E-state index is 0.104. The van der Waals surface area contributed by atoms with E-state index in [1.165, 1.54) is 12.1 Å². The number of morpholine rings is 1. The highest BCUT2D eigenvalue weighted by Gasteiger charge is 2.30. The molecule has 7 nitrogen and oxygen atoms in total. The van der Waals surface area contributed by atoms with Crippen molar-refractivity contribution < 1.29 is 22.7 Å². The van der Waals surface area contributed by atoms with Crippen molar-refractivity contribution in [1.82, 2.24) is 25.0 Å². The molecule has 0 radical (unpaired) electrons. The number of rotatable bonds is 8. The van der Waals surface area contributed by atoms with E-state index in [9.17, 15) is 18.0 Å². The summed E-state index contributed by atoms with van der Waals surface area (Å²) in [6, 6.07) is 17.1. The molecule has 2 N–H and O–H groups in total. The Morgan fingerprint density at radius 1 is 0.925 bits per heavy atom. The Kier molecular flexibility index (Phi) is 9.08.